The second kappa shape index (κ2) is 9.55. The van der Waals surface area contributed by atoms with Gasteiger partial charge in [-0.15, -0.1) is 12.0 Å². The number of hydrogen-bond donors (Lipinski definition) is 0. The zero-order chi connectivity index (χ0) is 2.71. The van der Waals surface area contributed by atoms with Crippen molar-refractivity contribution in [3.8, 4) is 12.0 Å². The Labute approximate surface area is 46.4 Å². The Hall–Kier alpha value is 0.576. The fraction of sp³-hybridized carbons (Fsp3) is 0. The Kier molecular flexibility index (Phi) is 21.1. The van der Waals surface area contributed by atoms with Gasteiger partial charge in [0, 0.05) is 0 Å². The van der Waals surface area contributed by atoms with Crippen LogP contribution in [0.1, 0.15) is 0 Å². The van der Waals surface area contributed by atoms with E-state index in [2.05, 4.69) is 12.0 Å². The van der Waals surface area contributed by atoms with Crippen molar-refractivity contribution in [3.63, 3.8) is 0 Å². The minimum atomic E-state index is 0. The molecule has 0 aliphatic rings. The van der Waals surface area contributed by atoms with Crippen LogP contribution in [0.25, 0.3) is 0 Å². The molecule has 0 aromatic rings. The Morgan fingerprint density at radius 2 is 1.75 bits per heavy atom. The van der Waals surface area contributed by atoms with E-state index in [1.54, 1.807) is 0 Å². The quantitative estimate of drug-likeness (QED) is 0.297. The molecule has 2 radical (unpaired) electrons. The molecule has 0 saturated carbocycles. The molecule has 0 N–H and O–H groups in total. The summed E-state index contributed by atoms with van der Waals surface area (Å²) in [7, 11) is 1.50. The molecule has 2 heteroatoms. The van der Waals surface area contributed by atoms with Crippen LogP contribution in [-0.2, 0) is 0 Å². The zero-order valence-electron chi connectivity index (χ0n) is 2.78. The molecule has 0 aromatic heterocycles. The molecule has 0 aromatic carbocycles. The second-order valence-electron chi connectivity index (χ2n) is 0.204. The fourth-order valence-electron chi connectivity index (χ4n) is 0. The first-order chi connectivity index (χ1) is 1.41. The van der Waals surface area contributed by atoms with Crippen molar-refractivity contribution in [2.24, 2.45) is 0 Å². The van der Waals surface area contributed by atoms with Crippen molar-refractivity contribution in [2.45, 2.75) is 0 Å². The second-order valence-corrected chi connectivity index (χ2v) is 0.612. The molecule has 0 rings (SSSR count). The van der Waals surface area contributed by atoms with Gasteiger partial charge in [-0.1, -0.05) is 0 Å². The van der Waals surface area contributed by atoms with Gasteiger partial charge in [-0.3, -0.25) is 0 Å². The first-order valence-corrected chi connectivity index (χ1v) is 1.35. The minimum absolute atomic E-state index is 0. The molecule has 0 heterocycles. The summed E-state index contributed by atoms with van der Waals surface area (Å²) in [5.41, 5.74) is 2.28. The molecule has 0 saturated heterocycles. The van der Waals surface area contributed by atoms with Gasteiger partial charge in [0.15, 0.2) is 0 Å². The first-order valence-electron chi connectivity index (χ1n) is 0.642. The van der Waals surface area contributed by atoms with Crippen molar-refractivity contribution >= 4 is 34.2 Å². The third-order valence-electron chi connectivity index (χ3n) is 0. The van der Waals surface area contributed by atoms with Crippen LogP contribution in [0.15, 0.2) is 0 Å². The number of rotatable bonds is 0. The summed E-state index contributed by atoms with van der Waals surface area (Å²) in [6, 6.07) is 0. The van der Waals surface area contributed by atoms with E-state index in [0.29, 0.717) is 0 Å². The zero-order valence-corrected chi connectivity index (χ0v) is 9.91. The van der Waals surface area contributed by atoms with Gasteiger partial charge in [0.1, 0.15) is 10.2 Å². The molecule has 0 atom stereocenters. The van der Waals surface area contributed by atoms with Crippen LogP contribution >= 0.6 is 0 Å². The molecule has 0 bridgehead atoms. The van der Waals surface area contributed by atoms with Crippen LogP contribution in [0.3, 0.4) is 0 Å². The van der Waals surface area contributed by atoms with Gasteiger partial charge in [0.2, 0.25) is 0 Å². The Morgan fingerprint density at radius 1 is 1.75 bits per heavy atom. The maximum absolute atomic E-state index is 4.61. The number of terminal acetylenes is 1. The van der Waals surface area contributed by atoms with Gasteiger partial charge in [-0.2, -0.15) is 0 Å². The summed E-state index contributed by atoms with van der Waals surface area (Å²) >= 11 is 0. The van der Waals surface area contributed by atoms with Crippen molar-refractivity contribution < 1.29 is 0 Å². The van der Waals surface area contributed by atoms with Crippen LogP contribution < -0.4 is 0 Å². The van der Waals surface area contributed by atoms with Crippen molar-refractivity contribution in [3.05, 3.63) is 0 Å². The van der Waals surface area contributed by atoms with Crippen LogP contribution in [0.2, 0.25) is 0 Å². The summed E-state index contributed by atoms with van der Waals surface area (Å²) in [6.07, 6.45) is 4.61. The predicted octanol–water partition coefficient (Wildman–Crippen LogP) is -1.97. The third kappa shape index (κ3) is 19.3. The Bertz CT molecular complexity index is 27.5. The van der Waals surface area contributed by atoms with E-state index in [9.17, 15) is 0 Å². The van der Waals surface area contributed by atoms with Crippen molar-refractivity contribution in [1.82, 2.24) is 0 Å². The van der Waals surface area contributed by atoms with Crippen LogP contribution in [0.4, 0.5) is 0 Å². The van der Waals surface area contributed by atoms with E-state index in [0.717, 1.165) is 0 Å². The standard InChI is InChI=1S/C2H3Si.Sn.3H/c1-2-3;;;;/h1H,3H2;;;;. The van der Waals surface area contributed by atoms with E-state index in [1.165, 1.54) is 10.2 Å². The Morgan fingerprint density at radius 3 is 1.75 bits per heavy atom. The van der Waals surface area contributed by atoms with Crippen LogP contribution in [0, 0.1) is 12.0 Å². The normalized spacial score (nSPS) is 2.00. The average molecular weight is 177 g/mol. The number of hydrogen-bond acceptors (Lipinski definition) is 0. The van der Waals surface area contributed by atoms with Crippen molar-refractivity contribution in [2.75, 3.05) is 0 Å². The van der Waals surface area contributed by atoms with Gasteiger partial charge < -0.3 is 0 Å². The molecule has 0 aliphatic heterocycles. The van der Waals surface area contributed by atoms with E-state index in [4.69, 9.17) is 0 Å². The predicted molar refractivity (Wildman–Crippen MR) is 27.3 cm³/mol. The van der Waals surface area contributed by atoms with E-state index >= 15 is 0 Å². The first kappa shape index (κ1) is 8.82. The van der Waals surface area contributed by atoms with Gasteiger partial charge >= 0.3 is 23.9 Å². The van der Waals surface area contributed by atoms with Gasteiger partial charge in [-0.05, 0) is 0 Å². The summed E-state index contributed by atoms with van der Waals surface area (Å²) in [5.74, 6) is 0. The molecule has 4 heavy (non-hydrogen) atoms. The molecule has 0 aliphatic carbocycles. The summed E-state index contributed by atoms with van der Waals surface area (Å²) in [6.45, 7) is 0. The summed E-state index contributed by atoms with van der Waals surface area (Å²) < 4.78 is 0. The SMILES string of the molecule is C#C[SiH2].[SnH3]. The molecule has 0 spiro atoms. The van der Waals surface area contributed by atoms with Gasteiger partial charge in [-0.25, -0.2) is 0 Å². The van der Waals surface area contributed by atoms with Gasteiger partial charge in [0.25, 0.3) is 0 Å². The summed E-state index contributed by atoms with van der Waals surface area (Å²) in [4.78, 5) is 0. The Balaban J connectivity index is 0. The summed E-state index contributed by atoms with van der Waals surface area (Å²) in [5, 5.41) is 0. The van der Waals surface area contributed by atoms with E-state index in [-0.39, 0.29) is 23.9 Å². The topological polar surface area (TPSA) is 0 Å². The molecule has 0 nitrogen and oxygen atoms in total. The fourth-order valence-corrected chi connectivity index (χ4v) is 0. The third-order valence-corrected chi connectivity index (χ3v) is 0. The monoisotopic (exact) mass is 178 g/mol. The maximum atomic E-state index is 4.61. The van der Waals surface area contributed by atoms with Crippen LogP contribution in [0.5, 0.6) is 0 Å². The van der Waals surface area contributed by atoms with E-state index < -0.39 is 0 Å². The molecule has 0 fully saturated rings. The van der Waals surface area contributed by atoms with E-state index in [1.807, 2.05) is 0 Å². The molecular formula is C2H6SiSn. The van der Waals surface area contributed by atoms with Crippen LogP contribution in [-0.4, -0.2) is 34.2 Å². The molecule has 0 unspecified atom stereocenters. The van der Waals surface area contributed by atoms with Gasteiger partial charge in [0.05, 0.1) is 0 Å². The average Bonchev–Trinajstić information content (AvgIpc) is 0.918. The van der Waals surface area contributed by atoms with Crippen molar-refractivity contribution in [1.29, 1.82) is 0 Å². The molecular weight excluding hydrogens is 171 g/mol. The molecule has 22 valence electrons. The molecule has 0 amide bonds.